The van der Waals surface area contributed by atoms with Crippen LogP contribution < -0.4 is 11.1 Å². The summed E-state index contributed by atoms with van der Waals surface area (Å²) in [4.78, 5) is 6.87. The predicted molar refractivity (Wildman–Crippen MR) is 123 cm³/mol. The Morgan fingerprint density at radius 1 is 1.07 bits per heavy atom. The molecule has 0 bridgehead atoms. The fourth-order valence-electron chi connectivity index (χ4n) is 3.00. The molecule has 0 aromatic heterocycles. The van der Waals surface area contributed by atoms with Gasteiger partial charge >= 0.3 is 0 Å². The summed E-state index contributed by atoms with van der Waals surface area (Å²) < 4.78 is 5.39. The molecule has 146 valence electrons. The van der Waals surface area contributed by atoms with Gasteiger partial charge in [-0.1, -0.05) is 43.3 Å². The maximum Gasteiger partial charge on any atom is 0.193 e. The van der Waals surface area contributed by atoms with Gasteiger partial charge in [-0.15, -0.1) is 24.0 Å². The van der Waals surface area contributed by atoms with Crippen LogP contribution in [0.4, 0.5) is 5.69 Å². The van der Waals surface area contributed by atoms with Crippen molar-refractivity contribution in [2.45, 2.75) is 26.4 Å². The van der Waals surface area contributed by atoms with Crippen molar-refractivity contribution in [3.05, 3.63) is 65.2 Å². The lowest BCUT2D eigenvalue weighted by Crippen LogP contribution is -2.35. The maximum absolute atomic E-state index is 6.02. The third-order valence-corrected chi connectivity index (χ3v) is 4.57. The van der Waals surface area contributed by atoms with Gasteiger partial charge in [0, 0.05) is 25.3 Å². The summed E-state index contributed by atoms with van der Waals surface area (Å²) in [5.74, 6) is 0.440. The van der Waals surface area contributed by atoms with Crippen LogP contribution in [0.25, 0.3) is 0 Å². The standard InChI is InChI=1S/C21H28N4O.HI/c1-2-17-4-3-5-20(14-17)24-21(22)23-15-18-6-8-19(9-7-18)16-25-10-12-26-13-11-25;/h3-9,14H,2,10-13,15-16H2,1H3,(H3,22,23,24);1H. The number of hydrogen-bond donors (Lipinski definition) is 2. The molecule has 5 nitrogen and oxygen atoms in total. The molecule has 3 rings (SSSR count). The second-order valence-electron chi connectivity index (χ2n) is 6.59. The number of halogens is 1. The molecular weight excluding hydrogens is 451 g/mol. The van der Waals surface area contributed by atoms with Gasteiger partial charge in [0.25, 0.3) is 0 Å². The van der Waals surface area contributed by atoms with Crippen LogP contribution in [0.15, 0.2) is 53.5 Å². The van der Waals surface area contributed by atoms with Crippen molar-refractivity contribution in [2.24, 2.45) is 10.7 Å². The summed E-state index contributed by atoms with van der Waals surface area (Å²) in [7, 11) is 0. The number of nitrogens with one attached hydrogen (secondary N) is 1. The molecule has 0 amide bonds. The first-order chi connectivity index (χ1) is 12.7. The predicted octanol–water partition coefficient (Wildman–Crippen LogP) is 3.63. The monoisotopic (exact) mass is 480 g/mol. The fraction of sp³-hybridized carbons (Fsp3) is 0.381. The van der Waals surface area contributed by atoms with E-state index in [1.54, 1.807) is 0 Å². The molecule has 27 heavy (non-hydrogen) atoms. The number of nitrogens with two attached hydrogens (primary N) is 1. The molecule has 0 spiro atoms. The molecule has 0 aliphatic carbocycles. The molecule has 1 saturated heterocycles. The van der Waals surface area contributed by atoms with Gasteiger partial charge in [0.15, 0.2) is 5.96 Å². The summed E-state index contributed by atoms with van der Waals surface area (Å²) in [6.07, 6.45) is 1.00. The second kappa shape index (κ2) is 11.3. The molecule has 6 heteroatoms. The quantitative estimate of drug-likeness (QED) is 0.377. The van der Waals surface area contributed by atoms with E-state index in [1.165, 1.54) is 11.1 Å². The molecule has 1 aliphatic rings. The largest absolute Gasteiger partial charge is 0.379 e. The molecule has 0 atom stereocenters. The first-order valence-electron chi connectivity index (χ1n) is 9.27. The van der Waals surface area contributed by atoms with Gasteiger partial charge in [0.2, 0.25) is 0 Å². The molecule has 3 N–H and O–H groups in total. The van der Waals surface area contributed by atoms with Gasteiger partial charge < -0.3 is 15.8 Å². The summed E-state index contributed by atoms with van der Waals surface area (Å²) in [6.45, 7) is 7.37. The minimum Gasteiger partial charge on any atom is -0.379 e. The summed E-state index contributed by atoms with van der Waals surface area (Å²) in [5.41, 5.74) is 10.8. The first kappa shape index (κ1) is 21.7. The van der Waals surface area contributed by atoms with Crippen molar-refractivity contribution in [3.8, 4) is 0 Å². The Balaban J connectivity index is 0.00000261. The van der Waals surface area contributed by atoms with E-state index in [0.29, 0.717) is 12.5 Å². The Morgan fingerprint density at radius 2 is 1.78 bits per heavy atom. The third-order valence-electron chi connectivity index (χ3n) is 4.57. The zero-order chi connectivity index (χ0) is 18.2. The normalized spacial score (nSPS) is 15.2. The van der Waals surface area contributed by atoms with E-state index < -0.39 is 0 Å². The van der Waals surface area contributed by atoms with Crippen molar-refractivity contribution in [3.63, 3.8) is 0 Å². The lowest BCUT2D eigenvalue weighted by atomic mass is 10.1. The smallest absolute Gasteiger partial charge is 0.193 e. The second-order valence-corrected chi connectivity index (χ2v) is 6.59. The van der Waals surface area contributed by atoms with Crippen LogP contribution in [-0.4, -0.2) is 37.2 Å². The van der Waals surface area contributed by atoms with Crippen LogP contribution in [-0.2, 0) is 24.2 Å². The van der Waals surface area contributed by atoms with Crippen molar-refractivity contribution in [2.75, 3.05) is 31.6 Å². The van der Waals surface area contributed by atoms with Gasteiger partial charge in [-0.3, -0.25) is 4.90 Å². The SMILES string of the molecule is CCc1cccc(NC(N)=NCc2ccc(CN3CCOCC3)cc2)c1.I. The average molecular weight is 480 g/mol. The fourth-order valence-corrected chi connectivity index (χ4v) is 3.00. The van der Waals surface area contributed by atoms with E-state index >= 15 is 0 Å². The Hall–Kier alpha value is -1.64. The van der Waals surface area contributed by atoms with Crippen LogP contribution in [0, 0.1) is 0 Å². The number of benzene rings is 2. The summed E-state index contributed by atoms with van der Waals surface area (Å²) in [5, 5.41) is 3.16. The van der Waals surface area contributed by atoms with E-state index in [2.05, 4.69) is 58.5 Å². The van der Waals surface area contributed by atoms with E-state index in [9.17, 15) is 0 Å². The molecule has 1 heterocycles. The highest BCUT2D eigenvalue weighted by atomic mass is 127. The van der Waals surface area contributed by atoms with Crippen LogP contribution in [0.3, 0.4) is 0 Å². The topological polar surface area (TPSA) is 62.9 Å². The highest BCUT2D eigenvalue weighted by molar-refractivity contribution is 14.0. The van der Waals surface area contributed by atoms with Crippen LogP contribution >= 0.6 is 24.0 Å². The molecule has 0 radical (unpaired) electrons. The number of nitrogens with zero attached hydrogens (tertiary/aromatic N) is 2. The highest BCUT2D eigenvalue weighted by Crippen LogP contribution is 2.12. The molecule has 1 fully saturated rings. The molecule has 2 aromatic carbocycles. The number of rotatable bonds is 6. The number of hydrogen-bond acceptors (Lipinski definition) is 3. The third kappa shape index (κ3) is 7.12. The van der Waals surface area contributed by atoms with Gasteiger partial charge in [-0.25, -0.2) is 4.99 Å². The van der Waals surface area contributed by atoms with Gasteiger partial charge in [0.05, 0.1) is 19.8 Å². The number of ether oxygens (including phenoxy) is 1. The van der Waals surface area contributed by atoms with Crippen LogP contribution in [0.1, 0.15) is 23.6 Å². The Bertz CT molecular complexity index is 727. The Kier molecular flexibility index (Phi) is 9.03. The lowest BCUT2D eigenvalue weighted by molar-refractivity contribution is 0.0342. The molecule has 1 aliphatic heterocycles. The zero-order valence-corrected chi connectivity index (χ0v) is 18.2. The first-order valence-corrected chi connectivity index (χ1v) is 9.27. The summed E-state index contributed by atoms with van der Waals surface area (Å²) >= 11 is 0. The molecule has 0 saturated carbocycles. The van der Waals surface area contributed by atoms with Crippen molar-refractivity contribution in [1.82, 2.24) is 4.90 Å². The summed E-state index contributed by atoms with van der Waals surface area (Å²) in [6, 6.07) is 16.8. The molecule has 2 aromatic rings. The van der Waals surface area contributed by atoms with Crippen molar-refractivity contribution < 1.29 is 4.74 Å². The number of guanidine groups is 1. The number of anilines is 1. The van der Waals surface area contributed by atoms with Gasteiger partial charge in [-0.2, -0.15) is 0 Å². The highest BCUT2D eigenvalue weighted by Gasteiger charge is 2.10. The average Bonchev–Trinajstić information content (AvgIpc) is 2.68. The van der Waals surface area contributed by atoms with Crippen molar-refractivity contribution >= 4 is 35.6 Å². The van der Waals surface area contributed by atoms with E-state index in [4.69, 9.17) is 10.5 Å². The minimum absolute atomic E-state index is 0. The molecular formula is C21H29IN4O. The number of aryl methyl sites for hydroxylation is 1. The van der Waals surface area contributed by atoms with Crippen LogP contribution in [0.2, 0.25) is 0 Å². The zero-order valence-electron chi connectivity index (χ0n) is 15.9. The number of aliphatic imine (C=N–C) groups is 1. The minimum atomic E-state index is 0. The Labute approximate surface area is 179 Å². The van der Waals surface area contributed by atoms with E-state index in [-0.39, 0.29) is 24.0 Å². The van der Waals surface area contributed by atoms with E-state index in [1.807, 2.05) is 12.1 Å². The van der Waals surface area contributed by atoms with Crippen molar-refractivity contribution in [1.29, 1.82) is 0 Å². The number of morpholine rings is 1. The molecule has 0 unspecified atom stereocenters. The maximum atomic E-state index is 6.02. The Morgan fingerprint density at radius 3 is 2.48 bits per heavy atom. The van der Waals surface area contributed by atoms with Gasteiger partial charge in [0.1, 0.15) is 0 Å². The van der Waals surface area contributed by atoms with Gasteiger partial charge in [-0.05, 0) is 35.2 Å². The van der Waals surface area contributed by atoms with Crippen LogP contribution in [0.5, 0.6) is 0 Å². The van der Waals surface area contributed by atoms with E-state index in [0.717, 1.165) is 50.5 Å². The lowest BCUT2D eigenvalue weighted by Gasteiger charge is -2.26.